The van der Waals surface area contributed by atoms with Crippen LogP contribution in [-0.2, 0) is 6.18 Å². The standard InChI is InChI=1S/C13H11BrF3NS/c1-9(5-6-18-2)8-19-12-4-3-10(7-11(12)14)13(15,16)17/h3-7H,1-2,8H2/b6-5-. The largest absolute Gasteiger partial charge is 0.416 e. The molecule has 0 fully saturated rings. The predicted molar refractivity (Wildman–Crippen MR) is 77.7 cm³/mol. The fraction of sp³-hybridized carbons (Fsp3) is 0.154. The number of allylic oxidation sites excluding steroid dienone is 1. The molecule has 0 aliphatic heterocycles. The van der Waals surface area contributed by atoms with Crippen molar-refractivity contribution in [3.63, 3.8) is 0 Å². The van der Waals surface area contributed by atoms with E-state index in [-0.39, 0.29) is 0 Å². The zero-order chi connectivity index (χ0) is 14.5. The molecule has 0 aromatic heterocycles. The van der Waals surface area contributed by atoms with Gasteiger partial charge in [-0.2, -0.15) is 13.2 Å². The minimum Gasteiger partial charge on any atom is -0.273 e. The summed E-state index contributed by atoms with van der Waals surface area (Å²) in [5, 5.41) is 0. The van der Waals surface area contributed by atoms with Gasteiger partial charge in [-0.05, 0) is 52.5 Å². The summed E-state index contributed by atoms with van der Waals surface area (Å²) in [5.41, 5.74) is 0.141. The highest BCUT2D eigenvalue weighted by atomic mass is 79.9. The molecule has 0 saturated carbocycles. The van der Waals surface area contributed by atoms with Crippen molar-refractivity contribution in [1.82, 2.24) is 0 Å². The molecule has 0 N–H and O–H groups in total. The first-order valence-corrected chi connectivity index (χ1v) is 6.92. The van der Waals surface area contributed by atoms with E-state index in [2.05, 4.69) is 34.2 Å². The average molecular weight is 350 g/mol. The molecule has 0 radical (unpaired) electrons. The molecule has 1 aromatic carbocycles. The zero-order valence-corrected chi connectivity index (χ0v) is 12.3. The molecule has 0 aliphatic carbocycles. The number of benzene rings is 1. The van der Waals surface area contributed by atoms with Crippen molar-refractivity contribution >= 4 is 34.4 Å². The number of hydrogen-bond donors (Lipinski definition) is 0. The summed E-state index contributed by atoms with van der Waals surface area (Å²) >= 11 is 4.54. The molecule has 0 atom stereocenters. The predicted octanol–water partition coefficient (Wildman–Crippen LogP) is 5.33. The van der Waals surface area contributed by atoms with E-state index in [1.54, 1.807) is 6.08 Å². The van der Waals surface area contributed by atoms with Crippen LogP contribution in [0.4, 0.5) is 13.2 Å². The maximum Gasteiger partial charge on any atom is 0.416 e. The number of halogens is 4. The third kappa shape index (κ3) is 5.24. The Labute approximate surface area is 122 Å². The Morgan fingerprint density at radius 1 is 1.42 bits per heavy atom. The molecule has 0 bridgehead atoms. The summed E-state index contributed by atoms with van der Waals surface area (Å²) in [6, 6.07) is 3.59. The third-order valence-corrected chi connectivity index (χ3v) is 4.19. The van der Waals surface area contributed by atoms with Gasteiger partial charge in [0.1, 0.15) is 0 Å². The number of nitrogens with zero attached hydrogens (tertiary/aromatic N) is 1. The Bertz CT molecular complexity index is 509. The molecule has 0 heterocycles. The van der Waals surface area contributed by atoms with Gasteiger partial charge in [-0.1, -0.05) is 6.58 Å². The molecule has 0 spiro atoms. The summed E-state index contributed by atoms with van der Waals surface area (Å²) in [6.45, 7) is 7.10. The Hall–Kier alpha value is -1.01. The van der Waals surface area contributed by atoms with Gasteiger partial charge in [-0.15, -0.1) is 11.8 Å². The van der Waals surface area contributed by atoms with Gasteiger partial charge in [0, 0.05) is 21.3 Å². The molecule has 0 aliphatic rings. The van der Waals surface area contributed by atoms with E-state index in [1.165, 1.54) is 24.0 Å². The topological polar surface area (TPSA) is 12.4 Å². The number of thioether (sulfide) groups is 1. The molecular formula is C13H11BrF3NS. The Kier molecular flexibility index (Phi) is 5.87. The van der Waals surface area contributed by atoms with Crippen LogP contribution < -0.4 is 0 Å². The van der Waals surface area contributed by atoms with Crippen LogP contribution in [0.1, 0.15) is 5.56 Å². The highest BCUT2D eigenvalue weighted by molar-refractivity contribution is 9.10. The first-order chi connectivity index (χ1) is 8.84. The molecule has 1 aromatic rings. The fourth-order valence-electron chi connectivity index (χ4n) is 1.17. The first-order valence-electron chi connectivity index (χ1n) is 5.14. The van der Waals surface area contributed by atoms with Crippen LogP contribution in [0, 0.1) is 0 Å². The summed E-state index contributed by atoms with van der Waals surface area (Å²) in [7, 11) is 0. The lowest BCUT2D eigenvalue weighted by molar-refractivity contribution is -0.137. The van der Waals surface area contributed by atoms with E-state index < -0.39 is 11.7 Å². The van der Waals surface area contributed by atoms with Crippen molar-refractivity contribution in [2.45, 2.75) is 11.1 Å². The normalized spacial score (nSPS) is 11.8. The number of alkyl halides is 3. The number of rotatable bonds is 5. The van der Waals surface area contributed by atoms with Crippen molar-refractivity contribution < 1.29 is 13.2 Å². The maximum absolute atomic E-state index is 12.5. The van der Waals surface area contributed by atoms with E-state index >= 15 is 0 Å². The lowest BCUT2D eigenvalue weighted by Gasteiger charge is -2.09. The molecule has 0 amide bonds. The molecule has 1 nitrogen and oxygen atoms in total. The smallest absolute Gasteiger partial charge is 0.273 e. The molecule has 6 heteroatoms. The monoisotopic (exact) mass is 349 g/mol. The van der Waals surface area contributed by atoms with Crippen molar-refractivity contribution in [2.75, 3.05) is 5.75 Å². The average Bonchev–Trinajstić information content (AvgIpc) is 2.33. The van der Waals surface area contributed by atoms with Gasteiger partial charge in [-0.3, -0.25) is 4.99 Å². The summed E-state index contributed by atoms with van der Waals surface area (Å²) in [6.07, 6.45) is -1.10. The van der Waals surface area contributed by atoms with Crippen LogP contribution in [0.15, 0.2) is 57.0 Å². The van der Waals surface area contributed by atoms with Crippen molar-refractivity contribution in [3.8, 4) is 0 Å². The highest BCUT2D eigenvalue weighted by Gasteiger charge is 2.30. The van der Waals surface area contributed by atoms with Gasteiger partial charge in [-0.25, -0.2) is 0 Å². The van der Waals surface area contributed by atoms with Gasteiger partial charge in [0.25, 0.3) is 0 Å². The molecule has 19 heavy (non-hydrogen) atoms. The molecular weight excluding hydrogens is 339 g/mol. The van der Waals surface area contributed by atoms with Crippen LogP contribution in [0.2, 0.25) is 0 Å². The second-order valence-corrected chi connectivity index (χ2v) is 5.46. The van der Waals surface area contributed by atoms with E-state index in [1.807, 2.05) is 0 Å². The van der Waals surface area contributed by atoms with E-state index in [4.69, 9.17) is 0 Å². The quantitative estimate of drug-likeness (QED) is 0.397. The lowest BCUT2D eigenvalue weighted by Crippen LogP contribution is -2.04. The van der Waals surface area contributed by atoms with Gasteiger partial charge in [0.05, 0.1) is 5.56 Å². The minimum atomic E-state index is -4.33. The summed E-state index contributed by atoms with van der Waals surface area (Å²) in [4.78, 5) is 4.28. The van der Waals surface area contributed by atoms with E-state index in [9.17, 15) is 13.2 Å². The lowest BCUT2D eigenvalue weighted by atomic mass is 10.2. The van der Waals surface area contributed by atoms with Crippen LogP contribution in [0.25, 0.3) is 0 Å². The third-order valence-electron chi connectivity index (χ3n) is 2.09. The minimum absolute atomic E-state index is 0.422. The Morgan fingerprint density at radius 3 is 2.63 bits per heavy atom. The number of aliphatic imine (C=N–C) groups is 1. The van der Waals surface area contributed by atoms with Gasteiger partial charge in [0.2, 0.25) is 0 Å². The van der Waals surface area contributed by atoms with Crippen molar-refractivity contribution in [3.05, 3.63) is 52.7 Å². The second-order valence-electron chi connectivity index (χ2n) is 3.59. The van der Waals surface area contributed by atoms with E-state index in [0.717, 1.165) is 22.6 Å². The maximum atomic E-state index is 12.5. The summed E-state index contributed by atoms with van der Waals surface area (Å²) < 4.78 is 37.9. The van der Waals surface area contributed by atoms with Crippen LogP contribution in [0.3, 0.4) is 0 Å². The molecule has 0 unspecified atom stereocenters. The van der Waals surface area contributed by atoms with Crippen molar-refractivity contribution in [1.29, 1.82) is 0 Å². The van der Waals surface area contributed by atoms with Crippen LogP contribution in [-0.4, -0.2) is 12.5 Å². The van der Waals surface area contributed by atoms with Gasteiger partial charge >= 0.3 is 6.18 Å². The summed E-state index contributed by atoms with van der Waals surface area (Å²) in [5.74, 6) is 0.565. The molecule has 1 rings (SSSR count). The van der Waals surface area contributed by atoms with Gasteiger partial charge in [0.15, 0.2) is 0 Å². The van der Waals surface area contributed by atoms with Crippen LogP contribution >= 0.6 is 27.7 Å². The Balaban J connectivity index is 2.73. The molecule has 102 valence electrons. The van der Waals surface area contributed by atoms with Gasteiger partial charge < -0.3 is 0 Å². The molecule has 0 saturated heterocycles. The first kappa shape index (κ1) is 16.0. The highest BCUT2D eigenvalue weighted by Crippen LogP contribution is 2.35. The fourth-order valence-corrected chi connectivity index (χ4v) is 2.69. The van der Waals surface area contributed by atoms with E-state index in [0.29, 0.717) is 10.2 Å². The second kappa shape index (κ2) is 6.96. The number of hydrogen-bond acceptors (Lipinski definition) is 2. The van der Waals surface area contributed by atoms with Crippen molar-refractivity contribution in [2.24, 2.45) is 4.99 Å². The Morgan fingerprint density at radius 2 is 2.11 bits per heavy atom. The zero-order valence-electron chi connectivity index (χ0n) is 9.88. The SMILES string of the molecule is C=N/C=C\C(=C)CSc1ccc(C(F)(F)F)cc1Br. The van der Waals surface area contributed by atoms with Crippen LogP contribution in [0.5, 0.6) is 0 Å².